The molecule has 0 aromatic heterocycles. The van der Waals surface area contributed by atoms with Gasteiger partial charge >= 0.3 is 0 Å². The van der Waals surface area contributed by atoms with Crippen LogP contribution in [0.2, 0.25) is 0 Å². The second kappa shape index (κ2) is 4.70. The highest BCUT2D eigenvalue weighted by Crippen LogP contribution is 2.39. The summed E-state index contributed by atoms with van der Waals surface area (Å²) in [4.78, 5) is 23.4. The first-order valence-corrected chi connectivity index (χ1v) is 6.93. The van der Waals surface area contributed by atoms with E-state index in [1.807, 2.05) is 6.26 Å². The average Bonchev–Trinajstić information content (AvgIpc) is 2.62. The highest BCUT2D eigenvalue weighted by Gasteiger charge is 2.30. The molecule has 1 aromatic rings. The van der Waals surface area contributed by atoms with Crippen LogP contribution in [-0.4, -0.2) is 23.3 Å². The van der Waals surface area contributed by atoms with E-state index in [1.165, 1.54) is 11.8 Å². The number of fused-ring (bicyclic) bond motifs is 1. The van der Waals surface area contributed by atoms with Gasteiger partial charge in [-0.25, -0.2) is 0 Å². The van der Waals surface area contributed by atoms with Gasteiger partial charge in [0.25, 0.3) is 0 Å². The maximum Gasteiger partial charge on any atom is 0.242 e. The summed E-state index contributed by atoms with van der Waals surface area (Å²) in [5.74, 6) is -0.148. The van der Waals surface area contributed by atoms with Gasteiger partial charge in [0, 0.05) is 11.3 Å². The quantitative estimate of drug-likeness (QED) is 0.678. The van der Waals surface area contributed by atoms with Crippen LogP contribution in [0.4, 0.5) is 5.69 Å². The van der Waals surface area contributed by atoms with E-state index in [9.17, 15) is 9.59 Å². The van der Waals surface area contributed by atoms with E-state index in [2.05, 4.69) is 5.32 Å². The Balaban J connectivity index is 2.41. The average molecular weight is 270 g/mol. The minimum Gasteiger partial charge on any atom is -0.325 e. The number of amides is 1. The van der Waals surface area contributed by atoms with Gasteiger partial charge in [-0.2, -0.15) is 0 Å². The molecule has 0 fully saturated rings. The van der Waals surface area contributed by atoms with Gasteiger partial charge in [-0.1, -0.05) is 0 Å². The van der Waals surface area contributed by atoms with Gasteiger partial charge in [0.2, 0.25) is 5.91 Å². The first-order valence-electron chi connectivity index (χ1n) is 5.20. The van der Waals surface area contributed by atoms with Crippen LogP contribution in [0.25, 0.3) is 0 Å². The lowest BCUT2D eigenvalue weighted by atomic mass is 10.0. The monoisotopic (exact) mass is 269 g/mol. The normalized spacial score (nSPS) is 19.7. The summed E-state index contributed by atoms with van der Waals surface area (Å²) in [5.41, 5.74) is 2.21. The third-order valence-corrected chi connectivity index (χ3v) is 3.85. The standard InChI is InChI=1S/C12H12ClNO2S/c1-6(13)10(15)7-3-4-9-8(5-7)11(17-2)12(16)14-9/h3-6,11H,1-2H3,(H,14,16). The van der Waals surface area contributed by atoms with E-state index in [-0.39, 0.29) is 16.9 Å². The van der Waals surface area contributed by atoms with Crippen LogP contribution in [0.3, 0.4) is 0 Å². The molecule has 0 saturated carbocycles. The summed E-state index contributed by atoms with van der Waals surface area (Å²) >= 11 is 7.23. The third kappa shape index (κ3) is 2.19. The Bertz CT molecular complexity index is 487. The van der Waals surface area contributed by atoms with Gasteiger partial charge in [0.1, 0.15) is 5.25 Å². The molecule has 1 aliphatic rings. The van der Waals surface area contributed by atoms with Crippen LogP contribution in [0.1, 0.15) is 28.1 Å². The molecule has 17 heavy (non-hydrogen) atoms. The number of alkyl halides is 1. The third-order valence-electron chi connectivity index (χ3n) is 2.71. The molecule has 2 rings (SSSR count). The van der Waals surface area contributed by atoms with Crippen LogP contribution in [0.15, 0.2) is 18.2 Å². The topological polar surface area (TPSA) is 46.2 Å². The van der Waals surface area contributed by atoms with E-state index in [4.69, 9.17) is 11.6 Å². The number of anilines is 1. The Kier molecular flexibility index (Phi) is 3.45. The van der Waals surface area contributed by atoms with Crippen molar-refractivity contribution in [2.75, 3.05) is 11.6 Å². The molecule has 1 aliphatic heterocycles. The molecule has 1 amide bonds. The first-order chi connectivity index (χ1) is 8.04. The molecule has 1 aromatic carbocycles. The molecule has 2 atom stereocenters. The molecular weight excluding hydrogens is 258 g/mol. The van der Waals surface area contributed by atoms with Crippen LogP contribution in [0.5, 0.6) is 0 Å². The molecule has 2 unspecified atom stereocenters. The molecule has 3 nitrogen and oxygen atoms in total. The van der Waals surface area contributed by atoms with Crippen LogP contribution >= 0.6 is 23.4 Å². The highest BCUT2D eigenvalue weighted by atomic mass is 35.5. The number of ketones is 1. The second-order valence-corrected chi connectivity index (χ2v) is 5.48. The van der Waals surface area contributed by atoms with Crippen molar-refractivity contribution < 1.29 is 9.59 Å². The molecule has 0 bridgehead atoms. The molecule has 1 heterocycles. The van der Waals surface area contributed by atoms with Crippen molar-refractivity contribution in [1.29, 1.82) is 0 Å². The van der Waals surface area contributed by atoms with E-state index >= 15 is 0 Å². The summed E-state index contributed by atoms with van der Waals surface area (Å²) in [6.45, 7) is 1.65. The van der Waals surface area contributed by atoms with Crippen molar-refractivity contribution in [3.05, 3.63) is 29.3 Å². The number of carbonyl (C=O) groups is 2. The predicted molar refractivity (Wildman–Crippen MR) is 71.0 cm³/mol. The van der Waals surface area contributed by atoms with Crippen LogP contribution in [0, 0.1) is 0 Å². The molecule has 5 heteroatoms. The fourth-order valence-corrected chi connectivity index (χ4v) is 2.70. The number of halogens is 1. The number of Topliss-reactive ketones (excluding diaryl/α,β-unsaturated/α-hetero) is 1. The number of hydrogen-bond donors (Lipinski definition) is 1. The van der Waals surface area contributed by atoms with Gasteiger partial charge in [-0.3, -0.25) is 9.59 Å². The van der Waals surface area contributed by atoms with Gasteiger partial charge in [0.15, 0.2) is 5.78 Å². The molecule has 0 radical (unpaired) electrons. The largest absolute Gasteiger partial charge is 0.325 e. The predicted octanol–water partition coefficient (Wildman–Crippen LogP) is 2.85. The Labute approximate surface area is 109 Å². The Morgan fingerprint density at radius 2 is 2.24 bits per heavy atom. The van der Waals surface area contributed by atoms with Crippen molar-refractivity contribution in [2.24, 2.45) is 0 Å². The van der Waals surface area contributed by atoms with Gasteiger partial charge in [-0.15, -0.1) is 23.4 Å². The minimum atomic E-state index is -0.550. The lowest BCUT2D eigenvalue weighted by Crippen LogP contribution is -2.10. The molecule has 1 N–H and O–H groups in total. The van der Waals surface area contributed by atoms with Crippen molar-refractivity contribution in [3.63, 3.8) is 0 Å². The van der Waals surface area contributed by atoms with Crippen LogP contribution < -0.4 is 5.32 Å². The lowest BCUT2D eigenvalue weighted by molar-refractivity contribution is -0.115. The number of carbonyl (C=O) groups excluding carboxylic acids is 2. The minimum absolute atomic E-state index is 0.0315. The zero-order valence-corrected chi connectivity index (χ0v) is 11.1. The highest BCUT2D eigenvalue weighted by molar-refractivity contribution is 7.99. The van der Waals surface area contributed by atoms with Crippen molar-refractivity contribution in [1.82, 2.24) is 0 Å². The van der Waals surface area contributed by atoms with Crippen molar-refractivity contribution >= 4 is 40.7 Å². The van der Waals surface area contributed by atoms with Gasteiger partial charge < -0.3 is 5.32 Å². The molecule has 0 saturated heterocycles. The van der Waals surface area contributed by atoms with E-state index in [0.29, 0.717) is 5.56 Å². The zero-order valence-electron chi connectivity index (χ0n) is 9.49. The van der Waals surface area contributed by atoms with Crippen LogP contribution in [-0.2, 0) is 4.79 Å². The Morgan fingerprint density at radius 1 is 1.53 bits per heavy atom. The first kappa shape index (κ1) is 12.5. The summed E-state index contributed by atoms with van der Waals surface area (Å²) in [6.07, 6.45) is 1.87. The maximum absolute atomic E-state index is 11.8. The Hall–Kier alpha value is -1.00. The summed E-state index contributed by atoms with van der Waals surface area (Å²) in [7, 11) is 0. The summed E-state index contributed by atoms with van der Waals surface area (Å²) in [6, 6.07) is 5.22. The molecule has 0 spiro atoms. The van der Waals surface area contributed by atoms with E-state index in [0.717, 1.165) is 11.3 Å². The molecular formula is C12H12ClNO2S. The zero-order chi connectivity index (χ0) is 12.6. The van der Waals surface area contributed by atoms with E-state index in [1.54, 1.807) is 25.1 Å². The number of hydrogen-bond acceptors (Lipinski definition) is 3. The molecule has 0 aliphatic carbocycles. The number of nitrogens with one attached hydrogen (secondary N) is 1. The smallest absolute Gasteiger partial charge is 0.242 e. The second-order valence-electron chi connectivity index (χ2n) is 3.89. The van der Waals surface area contributed by atoms with Crippen molar-refractivity contribution in [3.8, 4) is 0 Å². The number of thioether (sulfide) groups is 1. The Morgan fingerprint density at radius 3 is 2.82 bits per heavy atom. The summed E-state index contributed by atoms with van der Waals surface area (Å²) in [5, 5.41) is 2.01. The number of rotatable bonds is 3. The fraction of sp³-hybridized carbons (Fsp3) is 0.333. The fourth-order valence-electron chi connectivity index (χ4n) is 1.85. The maximum atomic E-state index is 11.8. The van der Waals surface area contributed by atoms with Crippen molar-refractivity contribution in [2.45, 2.75) is 17.6 Å². The number of benzene rings is 1. The SMILES string of the molecule is CSC1C(=O)Nc2ccc(C(=O)C(C)Cl)cc21. The van der Waals surface area contributed by atoms with Gasteiger partial charge in [-0.05, 0) is 36.9 Å². The lowest BCUT2D eigenvalue weighted by Gasteiger charge is -2.07. The molecule has 90 valence electrons. The van der Waals surface area contributed by atoms with E-state index < -0.39 is 5.38 Å². The van der Waals surface area contributed by atoms with Gasteiger partial charge in [0.05, 0.1) is 5.38 Å². The summed E-state index contributed by atoms with van der Waals surface area (Å²) < 4.78 is 0.